The number of carbonyl (C=O) groups is 2. The van der Waals surface area contributed by atoms with Crippen LogP contribution in [0.15, 0.2) is 37.4 Å². The molecular weight excluding hydrogens is 232 g/mol. The Morgan fingerprint density at radius 1 is 1.06 bits per heavy atom. The van der Waals surface area contributed by atoms with E-state index in [1.807, 2.05) is 0 Å². The van der Waals surface area contributed by atoms with Crippen LogP contribution >= 0.6 is 0 Å². The number of benzene rings is 1. The van der Waals surface area contributed by atoms with E-state index in [9.17, 15) is 9.59 Å². The van der Waals surface area contributed by atoms with Gasteiger partial charge in [0.15, 0.2) is 0 Å². The van der Waals surface area contributed by atoms with Crippen molar-refractivity contribution < 1.29 is 19.1 Å². The van der Waals surface area contributed by atoms with E-state index >= 15 is 0 Å². The zero-order valence-electron chi connectivity index (χ0n) is 9.51. The third-order valence-corrected chi connectivity index (χ3v) is 3.22. The molecule has 1 heterocycles. The van der Waals surface area contributed by atoms with Crippen LogP contribution in [0.4, 0.5) is 0 Å². The molecule has 2 aliphatic carbocycles. The van der Waals surface area contributed by atoms with Crippen molar-refractivity contribution in [3.05, 3.63) is 59.7 Å². The number of carbonyl (C=O) groups excluding carboxylic acids is 2. The van der Waals surface area contributed by atoms with Crippen LogP contribution in [0, 0.1) is 0 Å². The summed E-state index contributed by atoms with van der Waals surface area (Å²) in [6.45, 7) is 7.17. The van der Waals surface area contributed by atoms with Gasteiger partial charge >= 0.3 is 11.9 Å². The fourth-order valence-corrected chi connectivity index (χ4v) is 2.40. The average Bonchev–Trinajstić information content (AvgIpc) is 2.37. The molecule has 0 fully saturated rings. The van der Waals surface area contributed by atoms with Crippen molar-refractivity contribution in [2.24, 2.45) is 0 Å². The average molecular weight is 242 g/mol. The van der Waals surface area contributed by atoms with Gasteiger partial charge < -0.3 is 9.47 Å². The Labute approximate surface area is 104 Å². The smallest absolute Gasteiger partial charge is 0.342 e. The van der Waals surface area contributed by atoms with Crippen LogP contribution in [0.1, 0.15) is 37.8 Å². The first-order chi connectivity index (χ1) is 8.67. The standard InChI is InChI=1S/C14H10O4/c1-3-7-8-5-6-9-11(7)12(8)14(16)18-10(4-2)17-13(9)15/h3-7,10H,1-2H2. The number of rotatable bonds is 2. The first kappa shape index (κ1) is 10.8. The molecule has 2 atom stereocenters. The van der Waals surface area contributed by atoms with Crippen LogP contribution in [0.5, 0.6) is 0 Å². The summed E-state index contributed by atoms with van der Waals surface area (Å²) in [7, 11) is 0. The lowest BCUT2D eigenvalue weighted by Crippen LogP contribution is -2.34. The number of hydrogen-bond acceptors (Lipinski definition) is 4. The van der Waals surface area contributed by atoms with Crippen molar-refractivity contribution >= 4 is 11.9 Å². The Kier molecular flexibility index (Phi) is 2.13. The van der Waals surface area contributed by atoms with Crippen molar-refractivity contribution in [1.82, 2.24) is 0 Å². The largest absolute Gasteiger partial charge is 0.418 e. The summed E-state index contributed by atoms with van der Waals surface area (Å²) < 4.78 is 10.0. The summed E-state index contributed by atoms with van der Waals surface area (Å²) in [6.07, 6.45) is 1.93. The fraction of sp³-hybridized carbons (Fsp3) is 0.143. The van der Waals surface area contributed by atoms with Gasteiger partial charge in [-0.1, -0.05) is 18.7 Å². The van der Waals surface area contributed by atoms with Crippen LogP contribution in [0.3, 0.4) is 0 Å². The highest BCUT2D eigenvalue weighted by Gasteiger charge is 2.41. The monoisotopic (exact) mass is 242 g/mol. The molecule has 2 unspecified atom stereocenters. The molecule has 3 aliphatic rings. The molecule has 0 spiro atoms. The summed E-state index contributed by atoms with van der Waals surface area (Å²) >= 11 is 0. The molecular formula is C14H10O4. The second kappa shape index (κ2) is 3.57. The second-order valence-corrected chi connectivity index (χ2v) is 4.12. The Hall–Kier alpha value is -2.36. The number of cyclic esters (lactones) is 2. The summed E-state index contributed by atoms with van der Waals surface area (Å²) in [6, 6.07) is 3.40. The van der Waals surface area contributed by atoms with Crippen LogP contribution in [-0.2, 0) is 9.47 Å². The molecule has 0 amide bonds. The maximum Gasteiger partial charge on any atom is 0.342 e. The maximum absolute atomic E-state index is 11.9. The SMILES string of the molecule is C=CC1OC(=O)c2ccc3c(c2C3C=C)C(=O)O1. The molecule has 1 aliphatic heterocycles. The Balaban J connectivity index is 2.17. The molecule has 0 aromatic heterocycles. The van der Waals surface area contributed by atoms with Gasteiger partial charge in [0, 0.05) is 5.92 Å². The first-order valence-electron chi connectivity index (χ1n) is 5.51. The number of fused-ring (bicyclic) bond motifs is 1. The molecule has 4 rings (SSSR count). The van der Waals surface area contributed by atoms with E-state index in [1.54, 1.807) is 18.2 Å². The lowest BCUT2D eigenvalue weighted by molar-refractivity contribution is -0.0560. The molecule has 1 aromatic carbocycles. The second-order valence-electron chi connectivity index (χ2n) is 4.12. The molecule has 90 valence electrons. The fourth-order valence-electron chi connectivity index (χ4n) is 2.40. The lowest BCUT2D eigenvalue weighted by Gasteiger charge is -2.34. The first-order valence-corrected chi connectivity index (χ1v) is 5.51. The number of hydrogen-bond donors (Lipinski definition) is 0. The molecule has 0 radical (unpaired) electrons. The third kappa shape index (κ3) is 1.20. The Bertz CT molecular complexity index is 577. The van der Waals surface area contributed by atoms with Gasteiger partial charge in [-0.25, -0.2) is 9.59 Å². The molecule has 1 aromatic rings. The van der Waals surface area contributed by atoms with Gasteiger partial charge in [0.25, 0.3) is 6.29 Å². The van der Waals surface area contributed by atoms with E-state index in [-0.39, 0.29) is 5.92 Å². The highest BCUT2D eigenvalue weighted by atomic mass is 16.7. The van der Waals surface area contributed by atoms with E-state index < -0.39 is 18.2 Å². The van der Waals surface area contributed by atoms with Crippen LogP contribution < -0.4 is 0 Å². The Morgan fingerprint density at radius 2 is 1.78 bits per heavy atom. The van der Waals surface area contributed by atoms with Gasteiger partial charge in [0.1, 0.15) is 0 Å². The van der Waals surface area contributed by atoms with Crippen molar-refractivity contribution in [2.45, 2.75) is 12.2 Å². The van der Waals surface area contributed by atoms with Crippen molar-refractivity contribution in [1.29, 1.82) is 0 Å². The van der Waals surface area contributed by atoms with E-state index in [1.165, 1.54) is 6.08 Å². The van der Waals surface area contributed by atoms with Gasteiger partial charge in [-0.15, -0.1) is 6.58 Å². The zero-order chi connectivity index (χ0) is 12.9. The quantitative estimate of drug-likeness (QED) is 0.589. The predicted molar refractivity (Wildman–Crippen MR) is 63.3 cm³/mol. The van der Waals surface area contributed by atoms with E-state index in [4.69, 9.17) is 9.47 Å². The molecule has 0 saturated carbocycles. The minimum Gasteiger partial charge on any atom is -0.418 e. The molecule has 4 heteroatoms. The van der Waals surface area contributed by atoms with E-state index in [0.29, 0.717) is 16.7 Å². The molecule has 0 saturated heterocycles. The van der Waals surface area contributed by atoms with E-state index in [2.05, 4.69) is 13.2 Å². The van der Waals surface area contributed by atoms with Gasteiger partial charge in [0.05, 0.1) is 11.1 Å². The van der Waals surface area contributed by atoms with Crippen LogP contribution in [-0.4, -0.2) is 18.2 Å². The van der Waals surface area contributed by atoms with Crippen molar-refractivity contribution in [3.63, 3.8) is 0 Å². The predicted octanol–water partition coefficient (Wildman–Crippen LogP) is 2.16. The Morgan fingerprint density at radius 3 is 2.44 bits per heavy atom. The van der Waals surface area contributed by atoms with Gasteiger partial charge in [-0.05, 0) is 23.3 Å². The maximum atomic E-state index is 11.9. The van der Waals surface area contributed by atoms with E-state index in [0.717, 1.165) is 5.56 Å². The summed E-state index contributed by atoms with van der Waals surface area (Å²) in [5, 5.41) is 0. The molecule has 4 bridgehead atoms. The summed E-state index contributed by atoms with van der Waals surface area (Å²) in [5.41, 5.74) is 2.35. The number of ether oxygens (including phenoxy) is 2. The zero-order valence-corrected chi connectivity index (χ0v) is 9.51. The number of allylic oxidation sites excluding steroid dienone is 1. The molecule has 4 nitrogen and oxygen atoms in total. The minimum atomic E-state index is -1.04. The van der Waals surface area contributed by atoms with Gasteiger partial charge in [0.2, 0.25) is 0 Å². The third-order valence-electron chi connectivity index (χ3n) is 3.22. The van der Waals surface area contributed by atoms with Crippen LogP contribution in [0.2, 0.25) is 0 Å². The summed E-state index contributed by atoms with van der Waals surface area (Å²) in [5.74, 6) is -1.08. The van der Waals surface area contributed by atoms with Crippen molar-refractivity contribution in [2.75, 3.05) is 0 Å². The number of esters is 2. The molecule has 18 heavy (non-hydrogen) atoms. The molecule has 0 N–H and O–H groups in total. The highest BCUT2D eigenvalue weighted by molar-refractivity contribution is 6.04. The normalized spacial score (nSPS) is 24.0. The summed E-state index contributed by atoms with van der Waals surface area (Å²) in [4.78, 5) is 23.9. The van der Waals surface area contributed by atoms with Gasteiger partial charge in [-0.3, -0.25) is 0 Å². The minimum absolute atomic E-state index is 0.0830. The van der Waals surface area contributed by atoms with Crippen LogP contribution in [0.25, 0.3) is 0 Å². The van der Waals surface area contributed by atoms with Gasteiger partial charge in [-0.2, -0.15) is 0 Å². The highest BCUT2D eigenvalue weighted by Crippen LogP contribution is 2.45. The topological polar surface area (TPSA) is 52.6 Å². The van der Waals surface area contributed by atoms with Crippen molar-refractivity contribution in [3.8, 4) is 0 Å². The lowest BCUT2D eigenvalue weighted by atomic mass is 9.71.